The van der Waals surface area contributed by atoms with Gasteiger partial charge in [0.05, 0.1) is 29.5 Å². The minimum Gasteiger partial charge on any atom is -0.466 e. The van der Waals surface area contributed by atoms with Crippen molar-refractivity contribution >= 4 is 35.4 Å². The fraction of sp³-hybridized carbons (Fsp3) is 0.417. The summed E-state index contributed by atoms with van der Waals surface area (Å²) in [5, 5.41) is 11.6. The summed E-state index contributed by atoms with van der Waals surface area (Å²) in [5.74, 6) is 4.93. The SMILES string of the molecule is CCN(N)c1ccc(C(c2ccc(C)c(CO)c2)C(C)C(=O)N(C)CCOC=O)c(Cl)c1N. The van der Waals surface area contributed by atoms with E-state index in [1.807, 2.05) is 45.0 Å². The summed E-state index contributed by atoms with van der Waals surface area (Å²) in [6.45, 7) is 6.79. The Hall–Kier alpha value is -2.81. The molecule has 0 saturated carbocycles. The van der Waals surface area contributed by atoms with Gasteiger partial charge < -0.3 is 25.5 Å². The molecule has 33 heavy (non-hydrogen) atoms. The Balaban J connectivity index is 2.58. The summed E-state index contributed by atoms with van der Waals surface area (Å²) < 4.78 is 4.73. The van der Waals surface area contributed by atoms with Crippen LogP contribution in [0.4, 0.5) is 11.4 Å². The minimum atomic E-state index is -0.525. The van der Waals surface area contributed by atoms with Gasteiger partial charge >= 0.3 is 0 Å². The predicted octanol–water partition coefficient (Wildman–Crippen LogP) is 2.82. The highest BCUT2D eigenvalue weighted by Gasteiger charge is 2.32. The highest BCUT2D eigenvalue weighted by molar-refractivity contribution is 6.34. The number of carbonyl (C=O) groups excluding carboxylic acids is 2. The molecule has 180 valence electrons. The van der Waals surface area contributed by atoms with Crippen molar-refractivity contribution in [1.82, 2.24) is 4.90 Å². The molecule has 0 aromatic heterocycles. The van der Waals surface area contributed by atoms with Crippen molar-refractivity contribution in [2.75, 3.05) is 37.5 Å². The first kappa shape index (κ1) is 26.4. The molecule has 0 spiro atoms. The number of hydrogen-bond acceptors (Lipinski definition) is 7. The monoisotopic (exact) mass is 476 g/mol. The van der Waals surface area contributed by atoms with E-state index >= 15 is 0 Å². The summed E-state index contributed by atoms with van der Waals surface area (Å²) in [5.41, 5.74) is 10.5. The Labute approximate surface area is 200 Å². The zero-order valence-corrected chi connectivity index (χ0v) is 20.3. The number of aryl methyl sites for hydroxylation is 1. The Bertz CT molecular complexity index is 985. The number of nitrogens with zero attached hydrogens (tertiary/aromatic N) is 2. The second-order valence-electron chi connectivity index (χ2n) is 8.02. The number of aliphatic hydroxyl groups is 1. The van der Waals surface area contributed by atoms with Gasteiger partial charge in [0.25, 0.3) is 6.47 Å². The molecule has 8 nitrogen and oxygen atoms in total. The van der Waals surface area contributed by atoms with Gasteiger partial charge in [-0.15, -0.1) is 0 Å². The van der Waals surface area contributed by atoms with E-state index in [4.69, 9.17) is 27.9 Å². The van der Waals surface area contributed by atoms with Crippen LogP contribution in [0.1, 0.15) is 42.0 Å². The van der Waals surface area contributed by atoms with Crippen molar-refractivity contribution in [2.24, 2.45) is 11.8 Å². The van der Waals surface area contributed by atoms with Crippen LogP contribution >= 0.6 is 11.6 Å². The number of nitrogens with two attached hydrogens (primary N) is 2. The third-order valence-electron chi connectivity index (χ3n) is 5.95. The third kappa shape index (κ3) is 5.96. The number of nitrogen functional groups attached to an aromatic ring is 1. The fourth-order valence-corrected chi connectivity index (χ4v) is 4.17. The number of likely N-dealkylation sites (N-methyl/N-ethyl adjacent to an activating group) is 1. The predicted molar refractivity (Wildman–Crippen MR) is 131 cm³/mol. The van der Waals surface area contributed by atoms with Gasteiger partial charge in [0, 0.05) is 25.4 Å². The van der Waals surface area contributed by atoms with E-state index in [9.17, 15) is 14.7 Å². The molecule has 0 saturated heterocycles. The number of halogens is 1. The maximum Gasteiger partial charge on any atom is 0.293 e. The van der Waals surface area contributed by atoms with Crippen LogP contribution in [0, 0.1) is 12.8 Å². The Morgan fingerprint density at radius 1 is 1.30 bits per heavy atom. The zero-order chi connectivity index (χ0) is 24.7. The number of hydrazine groups is 1. The van der Waals surface area contributed by atoms with Crippen molar-refractivity contribution in [1.29, 1.82) is 0 Å². The number of anilines is 2. The first-order chi connectivity index (χ1) is 15.7. The molecule has 9 heteroatoms. The smallest absolute Gasteiger partial charge is 0.293 e. The number of benzene rings is 2. The van der Waals surface area contributed by atoms with E-state index in [2.05, 4.69) is 0 Å². The van der Waals surface area contributed by atoms with Crippen LogP contribution in [-0.4, -0.2) is 49.1 Å². The lowest BCUT2D eigenvalue weighted by Crippen LogP contribution is -2.37. The molecule has 0 aliphatic carbocycles. The number of ether oxygens (including phenoxy) is 1. The van der Waals surface area contributed by atoms with Gasteiger partial charge in [0.2, 0.25) is 5.91 Å². The van der Waals surface area contributed by atoms with Gasteiger partial charge in [-0.2, -0.15) is 0 Å². The molecule has 0 heterocycles. The number of hydrogen-bond donors (Lipinski definition) is 3. The molecular weight excluding hydrogens is 444 g/mol. The average Bonchev–Trinajstić information content (AvgIpc) is 2.81. The highest BCUT2D eigenvalue weighted by atomic mass is 35.5. The molecule has 2 aromatic rings. The molecule has 2 rings (SSSR count). The molecular formula is C24H33ClN4O4. The zero-order valence-electron chi connectivity index (χ0n) is 19.5. The van der Waals surface area contributed by atoms with Crippen molar-refractivity contribution in [2.45, 2.75) is 33.3 Å². The van der Waals surface area contributed by atoms with E-state index in [0.29, 0.717) is 35.0 Å². The first-order valence-corrected chi connectivity index (χ1v) is 11.2. The maximum atomic E-state index is 13.3. The van der Waals surface area contributed by atoms with Gasteiger partial charge in [-0.25, -0.2) is 5.84 Å². The minimum absolute atomic E-state index is 0.105. The second-order valence-corrected chi connectivity index (χ2v) is 8.40. The first-order valence-electron chi connectivity index (χ1n) is 10.8. The van der Waals surface area contributed by atoms with Gasteiger partial charge in [0.15, 0.2) is 0 Å². The standard InChI is InChI=1S/C24H33ClN4O4/c1-5-29(27)20-9-8-19(22(25)23(20)26)21(17-7-6-15(2)18(12-17)13-30)16(3)24(32)28(4)10-11-33-14-31/h6-9,12,14,16,21,30H,5,10-11,13,26-27H2,1-4H3. The lowest BCUT2D eigenvalue weighted by atomic mass is 9.79. The second kappa shape index (κ2) is 11.9. The summed E-state index contributed by atoms with van der Waals surface area (Å²) in [7, 11) is 1.66. The summed E-state index contributed by atoms with van der Waals surface area (Å²) >= 11 is 6.74. The fourth-order valence-electron chi connectivity index (χ4n) is 3.89. The Morgan fingerprint density at radius 3 is 2.61 bits per heavy atom. The lowest BCUT2D eigenvalue weighted by Gasteiger charge is -2.30. The van der Waals surface area contributed by atoms with E-state index in [0.717, 1.165) is 16.7 Å². The molecule has 5 N–H and O–H groups in total. The normalized spacial score (nSPS) is 12.7. The van der Waals surface area contributed by atoms with Gasteiger partial charge in [-0.05, 0) is 42.2 Å². The molecule has 2 unspecified atom stereocenters. The summed E-state index contributed by atoms with van der Waals surface area (Å²) in [4.78, 5) is 25.3. The third-order valence-corrected chi connectivity index (χ3v) is 6.37. The topological polar surface area (TPSA) is 122 Å². The average molecular weight is 477 g/mol. The molecule has 0 aliphatic heterocycles. The highest BCUT2D eigenvalue weighted by Crippen LogP contribution is 2.42. The number of carbonyl (C=O) groups is 2. The molecule has 0 fully saturated rings. The molecule has 2 atom stereocenters. The Morgan fingerprint density at radius 2 is 2.00 bits per heavy atom. The van der Waals surface area contributed by atoms with Gasteiger partial charge in [0.1, 0.15) is 6.61 Å². The van der Waals surface area contributed by atoms with Crippen molar-refractivity contribution in [3.63, 3.8) is 0 Å². The number of aliphatic hydroxyl groups excluding tert-OH is 1. The quantitative estimate of drug-likeness (QED) is 0.150. The van der Waals surface area contributed by atoms with Crippen molar-refractivity contribution in [3.05, 3.63) is 57.6 Å². The summed E-state index contributed by atoms with van der Waals surface area (Å²) in [6.07, 6.45) is 0. The van der Waals surface area contributed by atoms with E-state index < -0.39 is 11.8 Å². The number of rotatable bonds is 11. The summed E-state index contributed by atoms with van der Waals surface area (Å²) in [6, 6.07) is 9.37. The molecule has 2 aromatic carbocycles. The van der Waals surface area contributed by atoms with E-state index in [-0.39, 0.29) is 25.7 Å². The number of amides is 1. The van der Waals surface area contributed by atoms with Crippen LogP contribution in [0.15, 0.2) is 30.3 Å². The van der Waals surface area contributed by atoms with Crippen molar-refractivity contribution in [3.8, 4) is 0 Å². The maximum absolute atomic E-state index is 13.3. The van der Waals surface area contributed by atoms with Crippen LogP contribution in [0.2, 0.25) is 5.02 Å². The van der Waals surface area contributed by atoms with Gasteiger partial charge in [-0.3, -0.25) is 9.59 Å². The van der Waals surface area contributed by atoms with E-state index in [1.54, 1.807) is 13.1 Å². The van der Waals surface area contributed by atoms with Crippen LogP contribution in [0.3, 0.4) is 0 Å². The lowest BCUT2D eigenvalue weighted by molar-refractivity contribution is -0.137. The molecule has 0 aliphatic rings. The molecule has 0 radical (unpaired) electrons. The Kier molecular flexibility index (Phi) is 9.52. The van der Waals surface area contributed by atoms with Crippen LogP contribution < -0.4 is 16.6 Å². The molecule has 0 bridgehead atoms. The van der Waals surface area contributed by atoms with Crippen molar-refractivity contribution < 1.29 is 19.4 Å². The largest absolute Gasteiger partial charge is 0.466 e. The van der Waals surface area contributed by atoms with Crippen LogP contribution in [0.25, 0.3) is 0 Å². The van der Waals surface area contributed by atoms with Crippen LogP contribution in [-0.2, 0) is 20.9 Å². The molecule has 1 amide bonds. The van der Waals surface area contributed by atoms with Crippen LogP contribution in [0.5, 0.6) is 0 Å². The van der Waals surface area contributed by atoms with Gasteiger partial charge in [-0.1, -0.05) is 42.8 Å². The van der Waals surface area contributed by atoms with E-state index in [1.165, 1.54) is 9.91 Å².